The normalized spacial score (nSPS) is 13.6. The molecule has 162 valence electrons. The van der Waals surface area contributed by atoms with Crippen LogP contribution in [0.3, 0.4) is 0 Å². The number of nitrogens with zero attached hydrogens (tertiary/aromatic N) is 1. The number of aryl methyl sites for hydroxylation is 1. The van der Waals surface area contributed by atoms with Crippen LogP contribution in [-0.4, -0.2) is 17.0 Å². The lowest BCUT2D eigenvalue weighted by atomic mass is 9.96. The molecule has 0 saturated heterocycles. The van der Waals surface area contributed by atoms with Gasteiger partial charge >= 0.3 is 6.03 Å². The molecule has 2 N–H and O–H groups in total. The molecule has 3 rings (SSSR count). The third kappa shape index (κ3) is 7.26. The topological polar surface area (TPSA) is 93.5 Å². The van der Waals surface area contributed by atoms with Gasteiger partial charge in [0.05, 0.1) is 9.82 Å². The summed E-state index contributed by atoms with van der Waals surface area (Å²) in [5.41, 5.74) is 0.979. The number of carbonyl (C=O) groups excluding carboxylic acids is 1. The lowest BCUT2D eigenvalue weighted by Crippen LogP contribution is -2.40. The highest BCUT2D eigenvalue weighted by atomic mass is 32.2. The fourth-order valence-corrected chi connectivity index (χ4v) is 3.79. The van der Waals surface area contributed by atoms with Crippen molar-refractivity contribution in [1.82, 2.24) is 10.0 Å². The third-order valence-electron chi connectivity index (χ3n) is 4.55. The minimum absolute atomic E-state index is 0.0615. The number of non-ortho nitro benzene ring substituents is 1. The van der Waals surface area contributed by atoms with Gasteiger partial charge in [0.2, 0.25) is 0 Å². The average molecular weight is 432 g/mol. The van der Waals surface area contributed by atoms with E-state index in [-0.39, 0.29) is 17.8 Å². The fourth-order valence-electron chi connectivity index (χ4n) is 3.14. The van der Waals surface area contributed by atoms with Crippen molar-refractivity contribution in [2.45, 2.75) is 63.8 Å². The van der Waals surface area contributed by atoms with Crippen LogP contribution in [0.4, 0.5) is 10.5 Å². The molecule has 0 spiro atoms. The number of urea groups is 1. The summed E-state index contributed by atoms with van der Waals surface area (Å²) in [6.45, 7) is 5.95. The predicted molar refractivity (Wildman–Crippen MR) is 120 cm³/mol. The van der Waals surface area contributed by atoms with Gasteiger partial charge < -0.3 is 10.1 Å². The highest BCUT2D eigenvalue weighted by Gasteiger charge is 2.18. The van der Waals surface area contributed by atoms with Crippen LogP contribution in [0, 0.1) is 17.0 Å². The number of carbonyl (C=O) groups is 1. The third-order valence-corrected chi connectivity index (χ3v) is 5.38. The minimum Gasteiger partial charge on any atom is -0.456 e. The zero-order valence-electron chi connectivity index (χ0n) is 17.6. The highest BCUT2D eigenvalue weighted by molar-refractivity contribution is 7.98. The molecule has 2 amide bonds. The molecule has 1 aliphatic rings. The lowest BCUT2D eigenvalue weighted by molar-refractivity contribution is -0.385. The molecule has 8 heteroatoms. The van der Waals surface area contributed by atoms with Crippen molar-refractivity contribution >= 4 is 23.7 Å². The average Bonchev–Trinajstić information content (AvgIpc) is 2.75. The van der Waals surface area contributed by atoms with Crippen molar-refractivity contribution in [1.29, 1.82) is 0 Å². The van der Waals surface area contributed by atoms with E-state index in [2.05, 4.69) is 10.0 Å². The number of ether oxygens (including phenoxy) is 1. The van der Waals surface area contributed by atoms with E-state index in [4.69, 9.17) is 4.74 Å². The van der Waals surface area contributed by atoms with E-state index < -0.39 is 4.92 Å². The molecule has 1 fully saturated rings. The van der Waals surface area contributed by atoms with Gasteiger partial charge in [0.1, 0.15) is 11.5 Å². The number of amides is 2. The summed E-state index contributed by atoms with van der Waals surface area (Å²) in [5.74, 6) is 1.07. The van der Waals surface area contributed by atoms with Gasteiger partial charge in [0.15, 0.2) is 0 Å². The maximum absolute atomic E-state index is 12.2. The molecule has 0 atom stereocenters. The summed E-state index contributed by atoms with van der Waals surface area (Å²) in [4.78, 5) is 23.3. The van der Waals surface area contributed by atoms with Crippen molar-refractivity contribution < 1.29 is 14.5 Å². The van der Waals surface area contributed by atoms with E-state index in [1.54, 1.807) is 6.07 Å². The number of hydrogen-bond donors (Lipinski definition) is 2. The van der Waals surface area contributed by atoms with Gasteiger partial charge in [0.25, 0.3) is 5.69 Å². The molecular weight excluding hydrogens is 402 g/mol. The predicted octanol–water partition coefficient (Wildman–Crippen LogP) is 6.36. The van der Waals surface area contributed by atoms with Crippen LogP contribution < -0.4 is 14.8 Å². The summed E-state index contributed by atoms with van der Waals surface area (Å²) >= 11 is 1.01. The van der Waals surface area contributed by atoms with Gasteiger partial charge in [-0.15, -0.1) is 0 Å². The molecule has 1 saturated carbocycles. The summed E-state index contributed by atoms with van der Waals surface area (Å²) in [6, 6.07) is 11.7. The summed E-state index contributed by atoms with van der Waals surface area (Å²) < 4.78 is 8.61. The quantitative estimate of drug-likeness (QED) is 0.315. The number of nitrogens with one attached hydrogen (secondary N) is 2. The second-order valence-corrected chi connectivity index (χ2v) is 7.67. The van der Waals surface area contributed by atoms with E-state index in [0.29, 0.717) is 16.4 Å². The van der Waals surface area contributed by atoms with E-state index in [9.17, 15) is 14.9 Å². The van der Waals surface area contributed by atoms with Gasteiger partial charge in [-0.2, -0.15) is 0 Å². The molecule has 2 aromatic rings. The summed E-state index contributed by atoms with van der Waals surface area (Å²) in [5, 5.41) is 14.1. The van der Waals surface area contributed by atoms with Crippen LogP contribution >= 0.6 is 11.9 Å². The first-order valence-electron chi connectivity index (χ1n) is 10.3. The smallest absolute Gasteiger partial charge is 0.325 e. The van der Waals surface area contributed by atoms with E-state index in [1.165, 1.54) is 18.6 Å². The Balaban J connectivity index is 0.00000155. The lowest BCUT2D eigenvalue weighted by Gasteiger charge is -2.22. The molecule has 0 aliphatic heterocycles. The first-order valence-corrected chi connectivity index (χ1v) is 11.1. The molecule has 30 heavy (non-hydrogen) atoms. The molecule has 0 heterocycles. The maximum Gasteiger partial charge on any atom is 0.325 e. The molecule has 0 unspecified atom stereocenters. The Morgan fingerprint density at radius 2 is 1.87 bits per heavy atom. The maximum atomic E-state index is 12.2. The Morgan fingerprint density at radius 1 is 1.13 bits per heavy atom. The van der Waals surface area contributed by atoms with Gasteiger partial charge in [-0.25, -0.2) is 4.79 Å². The van der Waals surface area contributed by atoms with Crippen molar-refractivity contribution in [3.05, 3.63) is 58.1 Å². The van der Waals surface area contributed by atoms with Crippen molar-refractivity contribution in [3.63, 3.8) is 0 Å². The van der Waals surface area contributed by atoms with Crippen molar-refractivity contribution in [3.8, 4) is 11.5 Å². The van der Waals surface area contributed by atoms with Crippen molar-refractivity contribution in [2.24, 2.45) is 0 Å². The zero-order chi connectivity index (χ0) is 21.9. The number of nitro groups is 1. The van der Waals surface area contributed by atoms with Gasteiger partial charge in [0, 0.05) is 18.2 Å². The number of rotatable bonds is 6. The highest BCUT2D eigenvalue weighted by Crippen LogP contribution is 2.34. The first-order chi connectivity index (χ1) is 14.5. The van der Waals surface area contributed by atoms with E-state index >= 15 is 0 Å². The Morgan fingerprint density at radius 3 is 2.53 bits per heavy atom. The first kappa shape index (κ1) is 23.5. The molecule has 0 bridgehead atoms. The van der Waals surface area contributed by atoms with Crippen molar-refractivity contribution in [2.75, 3.05) is 0 Å². The van der Waals surface area contributed by atoms with Crippen LogP contribution in [0.1, 0.15) is 51.5 Å². The molecule has 7 nitrogen and oxygen atoms in total. The summed E-state index contributed by atoms with van der Waals surface area (Å²) in [7, 11) is 0. The van der Waals surface area contributed by atoms with Crippen LogP contribution in [0.5, 0.6) is 11.5 Å². The Kier molecular flexibility index (Phi) is 9.47. The number of hydrogen-bond acceptors (Lipinski definition) is 5. The number of benzene rings is 2. The van der Waals surface area contributed by atoms with Crippen LogP contribution in [0.15, 0.2) is 47.4 Å². The Bertz CT molecular complexity index is 854. The van der Waals surface area contributed by atoms with E-state index in [0.717, 1.165) is 43.2 Å². The van der Waals surface area contributed by atoms with Gasteiger partial charge in [-0.1, -0.05) is 45.2 Å². The van der Waals surface area contributed by atoms with Gasteiger partial charge in [-0.3, -0.25) is 14.8 Å². The monoisotopic (exact) mass is 431 g/mol. The summed E-state index contributed by atoms with van der Waals surface area (Å²) in [6.07, 6.45) is 5.42. The van der Waals surface area contributed by atoms with Gasteiger partial charge in [-0.05, 0) is 55.5 Å². The number of nitro benzene ring substituents is 1. The minimum atomic E-state index is -0.470. The Hall–Kier alpha value is -2.74. The second kappa shape index (κ2) is 12.1. The molecule has 2 aromatic carbocycles. The second-order valence-electron chi connectivity index (χ2n) is 6.82. The molecule has 1 aliphatic carbocycles. The fraction of sp³-hybridized carbons (Fsp3) is 0.409. The SMILES string of the molecule is CC.Cc1cccc(Oc2ccc([N+](=O)[O-])cc2SNC(=O)NC2CCCCC2)c1. The molecule has 0 radical (unpaired) electrons. The largest absolute Gasteiger partial charge is 0.456 e. The molecule has 0 aromatic heterocycles. The standard InChI is InChI=1S/C20H23N3O4S.C2H6/c1-14-6-5-9-17(12-14)27-18-11-10-16(23(25)26)13-19(18)28-22-20(24)21-15-7-3-2-4-8-15;1-2/h5-6,9-13,15H,2-4,7-8H2,1H3,(H2,21,22,24);1-2H3. The Labute approximate surface area is 181 Å². The zero-order valence-corrected chi connectivity index (χ0v) is 18.5. The van der Waals surface area contributed by atoms with Crippen LogP contribution in [-0.2, 0) is 0 Å². The van der Waals surface area contributed by atoms with Crippen LogP contribution in [0.2, 0.25) is 0 Å². The van der Waals surface area contributed by atoms with Crippen LogP contribution in [0.25, 0.3) is 0 Å². The van der Waals surface area contributed by atoms with E-state index in [1.807, 2.05) is 45.0 Å². The molecular formula is C22H29N3O4S.